The Labute approximate surface area is 104 Å². The van der Waals surface area contributed by atoms with E-state index in [0.717, 1.165) is 23.1 Å². The van der Waals surface area contributed by atoms with Gasteiger partial charge >= 0.3 is 0 Å². The van der Waals surface area contributed by atoms with E-state index in [1.54, 1.807) is 0 Å². The second kappa shape index (κ2) is 6.33. The number of fused-ring (bicyclic) bond motifs is 1. The molecule has 0 unspecified atom stereocenters. The van der Waals surface area contributed by atoms with Crippen LogP contribution in [0.1, 0.15) is 51.8 Å². The van der Waals surface area contributed by atoms with Gasteiger partial charge in [-0.05, 0) is 30.0 Å². The minimum Gasteiger partial charge on any atom is -0.253 e. The average Bonchev–Trinajstić information content (AvgIpc) is 2.39. The van der Waals surface area contributed by atoms with Crippen LogP contribution in [0.2, 0.25) is 0 Å². The number of nitrogens with zero attached hydrogens (tertiary/aromatic N) is 2. The molecule has 0 aliphatic carbocycles. The van der Waals surface area contributed by atoms with E-state index in [9.17, 15) is 0 Å². The van der Waals surface area contributed by atoms with Crippen LogP contribution in [0.25, 0.3) is 11.0 Å². The summed E-state index contributed by atoms with van der Waals surface area (Å²) in [6.07, 6.45) is 2.81. The molecule has 2 heteroatoms. The zero-order chi connectivity index (χ0) is 12.8. The van der Waals surface area contributed by atoms with Gasteiger partial charge in [-0.1, -0.05) is 40.7 Å². The lowest BCUT2D eigenvalue weighted by Crippen LogP contribution is -1.93. The first-order chi connectivity index (χ1) is 8.20. The lowest BCUT2D eigenvalue weighted by atomic mass is 10.0. The van der Waals surface area contributed by atoms with Crippen molar-refractivity contribution in [3.05, 3.63) is 35.7 Å². The second-order valence-corrected chi connectivity index (χ2v) is 4.12. The van der Waals surface area contributed by atoms with Crippen molar-refractivity contribution >= 4 is 11.0 Å². The molecule has 17 heavy (non-hydrogen) atoms. The maximum absolute atomic E-state index is 4.53. The Morgan fingerprint density at radius 2 is 1.82 bits per heavy atom. The number of aromatic nitrogens is 2. The zero-order valence-electron chi connectivity index (χ0n) is 11.5. The lowest BCUT2D eigenvalue weighted by molar-refractivity contribution is 0.867. The van der Waals surface area contributed by atoms with Crippen molar-refractivity contribution in [2.45, 2.75) is 47.0 Å². The van der Waals surface area contributed by atoms with Crippen molar-refractivity contribution in [2.75, 3.05) is 0 Å². The van der Waals surface area contributed by atoms with Gasteiger partial charge in [-0.3, -0.25) is 4.98 Å². The Balaban J connectivity index is 0.000000686. The SMILES string of the molecule is CC.CCc1cnc2cc(C(C)C)ccc2n1. The summed E-state index contributed by atoms with van der Waals surface area (Å²) in [6.45, 7) is 10.5. The Bertz CT molecular complexity index is 475. The average molecular weight is 230 g/mol. The lowest BCUT2D eigenvalue weighted by Gasteiger charge is -2.06. The van der Waals surface area contributed by atoms with Gasteiger partial charge in [0, 0.05) is 6.20 Å². The van der Waals surface area contributed by atoms with E-state index in [1.807, 2.05) is 20.0 Å². The van der Waals surface area contributed by atoms with Crippen LogP contribution in [0.4, 0.5) is 0 Å². The fraction of sp³-hybridized carbons (Fsp3) is 0.467. The standard InChI is InChI=1S/C13H16N2.C2H6/c1-4-11-8-14-13-7-10(9(2)3)5-6-12(13)15-11;1-2/h5-9H,4H2,1-3H3;1-2H3. The quantitative estimate of drug-likeness (QED) is 0.767. The molecular weight excluding hydrogens is 208 g/mol. The largest absolute Gasteiger partial charge is 0.253 e. The highest BCUT2D eigenvalue weighted by atomic mass is 14.8. The van der Waals surface area contributed by atoms with E-state index >= 15 is 0 Å². The molecule has 0 spiro atoms. The normalized spacial score (nSPS) is 10.2. The van der Waals surface area contributed by atoms with Gasteiger partial charge in [0.2, 0.25) is 0 Å². The predicted molar refractivity (Wildman–Crippen MR) is 74.4 cm³/mol. The van der Waals surface area contributed by atoms with Crippen LogP contribution >= 0.6 is 0 Å². The van der Waals surface area contributed by atoms with Gasteiger partial charge in [0.25, 0.3) is 0 Å². The Morgan fingerprint density at radius 3 is 2.41 bits per heavy atom. The molecule has 0 amide bonds. The predicted octanol–water partition coefficient (Wildman–Crippen LogP) is 4.34. The summed E-state index contributed by atoms with van der Waals surface area (Å²) in [5, 5.41) is 0. The molecule has 1 aromatic heterocycles. The van der Waals surface area contributed by atoms with E-state index in [2.05, 4.69) is 48.9 Å². The molecule has 1 aromatic carbocycles. The van der Waals surface area contributed by atoms with Crippen molar-refractivity contribution < 1.29 is 0 Å². The van der Waals surface area contributed by atoms with E-state index in [0.29, 0.717) is 5.92 Å². The molecular formula is C15H22N2. The molecule has 0 atom stereocenters. The van der Waals surface area contributed by atoms with Crippen LogP contribution in [0.5, 0.6) is 0 Å². The van der Waals surface area contributed by atoms with Gasteiger partial charge in [0.15, 0.2) is 0 Å². The smallest absolute Gasteiger partial charge is 0.0890 e. The first-order valence-electron chi connectivity index (χ1n) is 6.46. The summed E-state index contributed by atoms with van der Waals surface area (Å²) < 4.78 is 0. The van der Waals surface area contributed by atoms with Crippen LogP contribution in [0.3, 0.4) is 0 Å². The summed E-state index contributed by atoms with van der Waals surface area (Å²) >= 11 is 0. The monoisotopic (exact) mass is 230 g/mol. The summed E-state index contributed by atoms with van der Waals surface area (Å²) in [4.78, 5) is 8.96. The number of rotatable bonds is 2. The van der Waals surface area contributed by atoms with Gasteiger partial charge in [0.1, 0.15) is 0 Å². The fourth-order valence-electron chi connectivity index (χ4n) is 1.60. The molecule has 0 aliphatic heterocycles. The third-order valence-electron chi connectivity index (χ3n) is 2.65. The maximum Gasteiger partial charge on any atom is 0.0890 e. The first-order valence-corrected chi connectivity index (χ1v) is 6.46. The van der Waals surface area contributed by atoms with E-state index in [-0.39, 0.29) is 0 Å². The van der Waals surface area contributed by atoms with Crippen LogP contribution in [-0.4, -0.2) is 9.97 Å². The van der Waals surface area contributed by atoms with Crippen LogP contribution in [-0.2, 0) is 6.42 Å². The van der Waals surface area contributed by atoms with Gasteiger partial charge in [-0.15, -0.1) is 0 Å². The Kier molecular flexibility index (Phi) is 5.08. The number of hydrogen-bond donors (Lipinski definition) is 0. The summed E-state index contributed by atoms with van der Waals surface area (Å²) in [7, 11) is 0. The number of aryl methyl sites for hydroxylation is 1. The third kappa shape index (κ3) is 3.26. The van der Waals surface area contributed by atoms with Crippen molar-refractivity contribution in [3.63, 3.8) is 0 Å². The van der Waals surface area contributed by atoms with Gasteiger partial charge in [-0.2, -0.15) is 0 Å². The molecule has 0 bridgehead atoms. The zero-order valence-corrected chi connectivity index (χ0v) is 11.5. The molecule has 92 valence electrons. The van der Waals surface area contributed by atoms with E-state index < -0.39 is 0 Å². The van der Waals surface area contributed by atoms with Gasteiger partial charge in [-0.25, -0.2) is 4.98 Å². The molecule has 0 radical (unpaired) electrons. The molecule has 0 saturated carbocycles. The van der Waals surface area contributed by atoms with Crippen molar-refractivity contribution in [2.24, 2.45) is 0 Å². The van der Waals surface area contributed by atoms with E-state index in [1.165, 1.54) is 5.56 Å². The molecule has 2 aromatic rings. The fourth-order valence-corrected chi connectivity index (χ4v) is 1.60. The Hall–Kier alpha value is -1.44. The first kappa shape index (κ1) is 13.6. The molecule has 0 N–H and O–H groups in total. The molecule has 1 heterocycles. The number of hydrogen-bond acceptors (Lipinski definition) is 2. The van der Waals surface area contributed by atoms with E-state index in [4.69, 9.17) is 0 Å². The van der Waals surface area contributed by atoms with Crippen LogP contribution < -0.4 is 0 Å². The highest BCUT2D eigenvalue weighted by Gasteiger charge is 2.02. The molecule has 0 aliphatic rings. The third-order valence-corrected chi connectivity index (χ3v) is 2.65. The topological polar surface area (TPSA) is 25.8 Å². The summed E-state index contributed by atoms with van der Waals surface area (Å²) in [6, 6.07) is 6.34. The van der Waals surface area contributed by atoms with Crippen molar-refractivity contribution in [1.29, 1.82) is 0 Å². The number of benzene rings is 1. The highest BCUT2D eigenvalue weighted by Crippen LogP contribution is 2.18. The minimum atomic E-state index is 0.544. The van der Waals surface area contributed by atoms with Gasteiger partial charge < -0.3 is 0 Å². The van der Waals surface area contributed by atoms with Crippen LogP contribution in [0, 0.1) is 0 Å². The van der Waals surface area contributed by atoms with Crippen molar-refractivity contribution in [3.8, 4) is 0 Å². The second-order valence-electron chi connectivity index (χ2n) is 4.12. The maximum atomic E-state index is 4.53. The summed E-state index contributed by atoms with van der Waals surface area (Å²) in [5.41, 5.74) is 4.37. The van der Waals surface area contributed by atoms with Crippen LogP contribution in [0.15, 0.2) is 24.4 Å². The van der Waals surface area contributed by atoms with Crippen molar-refractivity contribution in [1.82, 2.24) is 9.97 Å². The minimum absolute atomic E-state index is 0.544. The molecule has 0 saturated heterocycles. The Morgan fingerprint density at radius 1 is 1.12 bits per heavy atom. The highest BCUT2D eigenvalue weighted by molar-refractivity contribution is 5.74. The molecule has 0 fully saturated rings. The molecule has 2 rings (SSSR count). The van der Waals surface area contributed by atoms with Gasteiger partial charge in [0.05, 0.1) is 16.7 Å². The molecule has 2 nitrogen and oxygen atoms in total. The summed E-state index contributed by atoms with van der Waals surface area (Å²) in [5.74, 6) is 0.544.